The molecule has 0 unspecified atom stereocenters. The lowest BCUT2D eigenvalue weighted by Gasteiger charge is -2.35. The van der Waals surface area contributed by atoms with Gasteiger partial charge in [0.2, 0.25) is 0 Å². The van der Waals surface area contributed by atoms with Gasteiger partial charge in [0.15, 0.2) is 11.6 Å². The maximum Gasteiger partial charge on any atom is 0.253 e. The van der Waals surface area contributed by atoms with Crippen LogP contribution in [-0.2, 0) is 0 Å². The van der Waals surface area contributed by atoms with Crippen LogP contribution in [-0.4, -0.2) is 61.3 Å². The van der Waals surface area contributed by atoms with Gasteiger partial charge >= 0.3 is 0 Å². The SMILES string of the molecule is Cc1cccc(C(=O)N2CCN(c3ccc(N(C)C)nn3)CC2)c1. The van der Waals surface area contributed by atoms with Gasteiger partial charge in [-0.25, -0.2) is 0 Å². The summed E-state index contributed by atoms with van der Waals surface area (Å²) in [5.74, 6) is 1.81. The third-order valence-electron chi connectivity index (χ3n) is 4.25. The Balaban J connectivity index is 1.62. The standard InChI is InChI=1S/C18H23N5O/c1-14-5-4-6-15(13-14)18(24)23-11-9-22(10-12-23)17-8-7-16(19-20-17)21(2)3/h4-8,13H,9-12H2,1-3H3. The number of aromatic nitrogens is 2. The van der Waals surface area contributed by atoms with E-state index in [0.29, 0.717) is 13.1 Å². The molecule has 0 atom stereocenters. The maximum absolute atomic E-state index is 12.6. The Kier molecular flexibility index (Phi) is 4.64. The largest absolute Gasteiger partial charge is 0.361 e. The number of benzene rings is 1. The highest BCUT2D eigenvalue weighted by atomic mass is 16.2. The molecule has 1 aliphatic rings. The zero-order valence-electron chi connectivity index (χ0n) is 14.4. The molecule has 0 aliphatic carbocycles. The summed E-state index contributed by atoms with van der Waals surface area (Å²) in [5.41, 5.74) is 1.87. The summed E-state index contributed by atoms with van der Waals surface area (Å²) in [4.78, 5) is 18.6. The lowest BCUT2D eigenvalue weighted by molar-refractivity contribution is 0.0746. The van der Waals surface area contributed by atoms with Crippen LogP contribution in [0.2, 0.25) is 0 Å². The van der Waals surface area contributed by atoms with Crippen molar-refractivity contribution in [3.8, 4) is 0 Å². The van der Waals surface area contributed by atoms with Crippen molar-refractivity contribution in [2.45, 2.75) is 6.92 Å². The van der Waals surface area contributed by atoms with E-state index in [0.717, 1.165) is 35.9 Å². The molecule has 126 valence electrons. The number of rotatable bonds is 3. The molecule has 1 aromatic carbocycles. The minimum atomic E-state index is 0.104. The second-order valence-corrected chi connectivity index (χ2v) is 6.29. The van der Waals surface area contributed by atoms with E-state index in [1.165, 1.54) is 0 Å². The Morgan fingerprint density at radius 2 is 1.79 bits per heavy atom. The molecule has 1 amide bonds. The molecule has 1 aliphatic heterocycles. The minimum absolute atomic E-state index is 0.104. The number of aryl methyl sites for hydroxylation is 1. The second-order valence-electron chi connectivity index (χ2n) is 6.29. The summed E-state index contributed by atoms with van der Waals surface area (Å²) >= 11 is 0. The number of carbonyl (C=O) groups is 1. The Hall–Kier alpha value is -2.63. The van der Waals surface area contributed by atoms with Crippen LogP contribution in [0.25, 0.3) is 0 Å². The quantitative estimate of drug-likeness (QED) is 0.861. The highest BCUT2D eigenvalue weighted by molar-refractivity contribution is 5.94. The van der Waals surface area contributed by atoms with Gasteiger partial charge in [-0.05, 0) is 31.2 Å². The monoisotopic (exact) mass is 325 g/mol. The van der Waals surface area contributed by atoms with E-state index in [4.69, 9.17) is 0 Å². The van der Waals surface area contributed by atoms with Crippen LogP contribution < -0.4 is 9.80 Å². The summed E-state index contributed by atoms with van der Waals surface area (Å²) in [6, 6.07) is 11.7. The molecule has 2 aromatic rings. The van der Waals surface area contributed by atoms with E-state index >= 15 is 0 Å². The van der Waals surface area contributed by atoms with E-state index in [1.54, 1.807) is 0 Å². The number of amides is 1. The van der Waals surface area contributed by atoms with Crippen molar-refractivity contribution in [2.75, 3.05) is 50.1 Å². The predicted molar refractivity (Wildman–Crippen MR) is 95.7 cm³/mol. The molecule has 0 radical (unpaired) electrons. The van der Waals surface area contributed by atoms with Gasteiger partial charge in [-0.3, -0.25) is 4.79 Å². The molecule has 6 heteroatoms. The first-order valence-electron chi connectivity index (χ1n) is 8.16. The molecular weight excluding hydrogens is 302 g/mol. The van der Waals surface area contributed by atoms with Crippen LogP contribution in [0.15, 0.2) is 36.4 Å². The summed E-state index contributed by atoms with van der Waals surface area (Å²) in [6.45, 7) is 4.94. The van der Waals surface area contributed by atoms with Gasteiger partial charge in [0.25, 0.3) is 5.91 Å². The van der Waals surface area contributed by atoms with Crippen molar-refractivity contribution in [3.63, 3.8) is 0 Å². The molecule has 6 nitrogen and oxygen atoms in total. The predicted octanol–water partition coefficient (Wildman–Crippen LogP) is 1.81. The lowest BCUT2D eigenvalue weighted by Crippen LogP contribution is -2.49. The van der Waals surface area contributed by atoms with E-state index in [-0.39, 0.29) is 5.91 Å². The van der Waals surface area contributed by atoms with Crippen molar-refractivity contribution < 1.29 is 4.79 Å². The average Bonchev–Trinajstić information content (AvgIpc) is 2.61. The Labute approximate surface area is 142 Å². The van der Waals surface area contributed by atoms with Crippen molar-refractivity contribution in [1.29, 1.82) is 0 Å². The Bertz CT molecular complexity index is 706. The zero-order valence-corrected chi connectivity index (χ0v) is 14.4. The molecule has 1 aromatic heterocycles. The van der Waals surface area contributed by atoms with E-state index in [9.17, 15) is 4.79 Å². The van der Waals surface area contributed by atoms with Gasteiger partial charge in [0.05, 0.1) is 0 Å². The molecule has 1 fully saturated rings. The minimum Gasteiger partial charge on any atom is -0.361 e. The maximum atomic E-state index is 12.6. The van der Waals surface area contributed by atoms with Gasteiger partial charge in [0, 0.05) is 45.8 Å². The average molecular weight is 325 g/mol. The number of carbonyl (C=O) groups excluding carboxylic acids is 1. The van der Waals surface area contributed by atoms with Crippen molar-refractivity contribution in [3.05, 3.63) is 47.5 Å². The molecule has 1 saturated heterocycles. The van der Waals surface area contributed by atoms with Gasteiger partial charge in [-0.15, -0.1) is 10.2 Å². The van der Waals surface area contributed by atoms with Crippen LogP contribution in [0, 0.1) is 6.92 Å². The van der Waals surface area contributed by atoms with Gasteiger partial charge in [0.1, 0.15) is 0 Å². The Morgan fingerprint density at radius 3 is 2.38 bits per heavy atom. The molecule has 0 spiro atoms. The summed E-state index contributed by atoms with van der Waals surface area (Å²) in [7, 11) is 3.89. The van der Waals surface area contributed by atoms with Crippen LogP contribution in [0.4, 0.5) is 11.6 Å². The fourth-order valence-electron chi connectivity index (χ4n) is 2.82. The van der Waals surface area contributed by atoms with Gasteiger partial charge < -0.3 is 14.7 Å². The number of hydrogen-bond acceptors (Lipinski definition) is 5. The van der Waals surface area contributed by atoms with Crippen LogP contribution in [0.5, 0.6) is 0 Å². The third-order valence-corrected chi connectivity index (χ3v) is 4.25. The first kappa shape index (κ1) is 16.2. The molecule has 24 heavy (non-hydrogen) atoms. The highest BCUT2D eigenvalue weighted by Gasteiger charge is 2.23. The number of anilines is 2. The van der Waals surface area contributed by atoms with Crippen LogP contribution in [0.1, 0.15) is 15.9 Å². The number of piperazine rings is 1. The molecule has 2 heterocycles. The zero-order chi connectivity index (χ0) is 17.1. The molecule has 0 N–H and O–H groups in total. The topological polar surface area (TPSA) is 52.6 Å². The van der Waals surface area contributed by atoms with E-state index in [2.05, 4.69) is 15.1 Å². The van der Waals surface area contributed by atoms with E-state index < -0.39 is 0 Å². The molecule has 0 saturated carbocycles. The molecule has 3 rings (SSSR count). The number of nitrogens with zero attached hydrogens (tertiary/aromatic N) is 5. The molecular formula is C18H23N5O. The Morgan fingerprint density at radius 1 is 1.04 bits per heavy atom. The second kappa shape index (κ2) is 6.86. The summed E-state index contributed by atoms with van der Waals surface area (Å²) in [5, 5.41) is 8.51. The van der Waals surface area contributed by atoms with Crippen molar-refractivity contribution in [1.82, 2.24) is 15.1 Å². The lowest BCUT2D eigenvalue weighted by atomic mass is 10.1. The van der Waals surface area contributed by atoms with E-state index in [1.807, 2.05) is 67.2 Å². The third kappa shape index (κ3) is 3.48. The normalized spacial score (nSPS) is 14.6. The van der Waals surface area contributed by atoms with Gasteiger partial charge in [-0.2, -0.15) is 0 Å². The first-order valence-corrected chi connectivity index (χ1v) is 8.16. The van der Waals surface area contributed by atoms with Crippen molar-refractivity contribution >= 4 is 17.5 Å². The molecule has 0 bridgehead atoms. The summed E-state index contributed by atoms with van der Waals surface area (Å²) in [6.07, 6.45) is 0. The fourth-order valence-corrected chi connectivity index (χ4v) is 2.82. The van der Waals surface area contributed by atoms with Crippen molar-refractivity contribution in [2.24, 2.45) is 0 Å². The first-order chi connectivity index (χ1) is 11.5. The fraction of sp³-hybridized carbons (Fsp3) is 0.389. The smallest absolute Gasteiger partial charge is 0.253 e. The van der Waals surface area contributed by atoms with Crippen LogP contribution in [0.3, 0.4) is 0 Å². The van der Waals surface area contributed by atoms with Gasteiger partial charge in [-0.1, -0.05) is 17.7 Å². The van der Waals surface area contributed by atoms with Crippen LogP contribution >= 0.6 is 0 Å². The summed E-state index contributed by atoms with van der Waals surface area (Å²) < 4.78 is 0. The highest BCUT2D eigenvalue weighted by Crippen LogP contribution is 2.16. The number of hydrogen-bond donors (Lipinski definition) is 0.